The first-order valence-corrected chi connectivity index (χ1v) is 6.96. The predicted octanol–water partition coefficient (Wildman–Crippen LogP) is 3.08. The number of nitrogens with one attached hydrogen (secondary N) is 2. The number of halogens is 2. The molecule has 0 aliphatic heterocycles. The molecule has 0 saturated carbocycles. The van der Waals surface area contributed by atoms with E-state index in [4.69, 9.17) is 27.9 Å². The molecular formula is C15H12Cl2N2O3. The van der Waals surface area contributed by atoms with Gasteiger partial charge in [-0.1, -0.05) is 23.2 Å². The molecule has 0 aromatic heterocycles. The molecule has 0 aliphatic carbocycles. The van der Waals surface area contributed by atoms with Gasteiger partial charge >= 0.3 is 0 Å². The highest BCUT2D eigenvalue weighted by Gasteiger charge is 2.12. The number of carbonyl (C=O) groups is 2. The number of hydrogen-bond acceptors (Lipinski definition) is 3. The van der Waals surface area contributed by atoms with E-state index in [1.807, 2.05) is 0 Å². The summed E-state index contributed by atoms with van der Waals surface area (Å²) in [5.41, 5.74) is 5.18. The maximum atomic E-state index is 11.9. The second-order valence-electron chi connectivity index (χ2n) is 4.26. The van der Waals surface area contributed by atoms with Gasteiger partial charge in [-0.25, -0.2) is 0 Å². The largest absolute Gasteiger partial charge is 0.497 e. The summed E-state index contributed by atoms with van der Waals surface area (Å²) in [6.07, 6.45) is 0. The third-order valence-electron chi connectivity index (χ3n) is 2.82. The van der Waals surface area contributed by atoms with Crippen molar-refractivity contribution in [2.45, 2.75) is 0 Å². The number of hydrazine groups is 1. The first kappa shape index (κ1) is 16.1. The summed E-state index contributed by atoms with van der Waals surface area (Å²) in [6, 6.07) is 10.9. The van der Waals surface area contributed by atoms with E-state index < -0.39 is 11.8 Å². The van der Waals surface area contributed by atoms with Gasteiger partial charge in [-0.2, -0.15) is 0 Å². The van der Waals surface area contributed by atoms with Crippen molar-refractivity contribution in [1.29, 1.82) is 0 Å². The number of hydrogen-bond donors (Lipinski definition) is 2. The Morgan fingerprint density at radius 3 is 2.18 bits per heavy atom. The lowest BCUT2D eigenvalue weighted by Crippen LogP contribution is -2.41. The SMILES string of the molecule is COc1ccc(C(=O)NNC(=O)c2ccc(Cl)cc2Cl)cc1. The molecule has 7 heteroatoms. The normalized spacial score (nSPS) is 9.95. The minimum Gasteiger partial charge on any atom is -0.497 e. The number of carbonyl (C=O) groups excluding carboxylic acids is 2. The Morgan fingerprint density at radius 2 is 1.59 bits per heavy atom. The van der Waals surface area contributed by atoms with Crippen LogP contribution < -0.4 is 15.6 Å². The van der Waals surface area contributed by atoms with Crippen LogP contribution >= 0.6 is 23.2 Å². The van der Waals surface area contributed by atoms with Crippen LogP contribution in [0.1, 0.15) is 20.7 Å². The Labute approximate surface area is 137 Å². The van der Waals surface area contributed by atoms with E-state index in [0.29, 0.717) is 16.3 Å². The zero-order chi connectivity index (χ0) is 16.1. The van der Waals surface area contributed by atoms with Crippen LogP contribution in [0.25, 0.3) is 0 Å². The monoisotopic (exact) mass is 338 g/mol. The van der Waals surface area contributed by atoms with E-state index in [1.54, 1.807) is 24.3 Å². The maximum absolute atomic E-state index is 11.9. The minimum atomic E-state index is -0.538. The van der Waals surface area contributed by atoms with Gasteiger partial charge in [-0.05, 0) is 42.5 Å². The third-order valence-corrected chi connectivity index (χ3v) is 3.37. The Morgan fingerprint density at radius 1 is 0.955 bits per heavy atom. The second-order valence-corrected chi connectivity index (χ2v) is 5.10. The Kier molecular flexibility index (Phi) is 5.25. The maximum Gasteiger partial charge on any atom is 0.271 e. The van der Waals surface area contributed by atoms with Gasteiger partial charge in [0.1, 0.15) is 5.75 Å². The van der Waals surface area contributed by atoms with Gasteiger partial charge in [0.15, 0.2) is 0 Å². The van der Waals surface area contributed by atoms with E-state index in [1.165, 1.54) is 25.3 Å². The van der Waals surface area contributed by atoms with Gasteiger partial charge in [-0.3, -0.25) is 20.4 Å². The number of ether oxygens (including phenoxy) is 1. The number of rotatable bonds is 3. The van der Waals surface area contributed by atoms with Crippen LogP contribution in [0.2, 0.25) is 10.0 Å². The molecule has 0 unspecified atom stereocenters. The third kappa shape index (κ3) is 3.90. The molecule has 0 radical (unpaired) electrons. The van der Waals surface area contributed by atoms with Crippen molar-refractivity contribution in [3.8, 4) is 5.75 Å². The molecule has 0 aliphatic rings. The van der Waals surface area contributed by atoms with Crippen molar-refractivity contribution >= 4 is 35.0 Å². The second kappa shape index (κ2) is 7.15. The fourth-order valence-electron chi connectivity index (χ4n) is 1.67. The molecule has 2 amide bonds. The molecular weight excluding hydrogens is 327 g/mol. The summed E-state index contributed by atoms with van der Waals surface area (Å²) < 4.78 is 5.00. The van der Waals surface area contributed by atoms with Crippen LogP contribution in [-0.4, -0.2) is 18.9 Å². The van der Waals surface area contributed by atoms with Crippen molar-refractivity contribution in [3.63, 3.8) is 0 Å². The summed E-state index contributed by atoms with van der Waals surface area (Å²) >= 11 is 11.7. The summed E-state index contributed by atoms with van der Waals surface area (Å²) in [5, 5.41) is 0.618. The summed E-state index contributed by atoms with van der Waals surface area (Å²) in [6.45, 7) is 0. The van der Waals surface area contributed by atoms with E-state index in [-0.39, 0.29) is 10.6 Å². The molecule has 0 bridgehead atoms. The summed E-state index contributed by atoms with van der Waals surface area (Å²) in [5.74, 6) is -0.363. The lowest BCUT2D eigenvalue weighted by Gasteiger charge is -2.09. The van der Waals surface area contributed by atoms with Gasteiger partial charge in [0, 0.05) is 10.6 Å². The van der Waals surface area contributed by atoms with E-state index in [9.17, 15) is 9.59 Å². The Bertz CT molecular complexity index is 702. The average Bonchev–Trinajstić information content (AvgIpc) is 2.52. The van der Waals surface area contributed by atoms with Gasteiger partial charge in [0.2, 0.25) is 0 Å². The lowest BCUT2D eigenvalue weighted by molar-refractivity contribution is 0.0846. The van der Waals surface area contributed by atoms with Crippen molar-refractivity contribution < 1.29 is 14.3 Å². The Hall–Kier alpha value is -2.24. The van der Waals surface area contributed by atoms with Crippen molar-refractivity contribution in [3.05, 3.63) is 63.6 Å². The first-order chi connectivity index (χ1) is 10.5. The zero-order valence-corrected chi connectivity index (χ0v) is 13.0. The van der Waals surface area contributed by atoms with Crippen LogP contribution in [0.15, 0.2) is 42.5 Å². The highest BCUT2D eigenvalue weighted by Crippen LogP contribution is 2.20. The lowest BCUT2D eigenvalue weighted by atomic mass is 10.2. The summed E-state index contributed by atoms with van der Waals surface area (Å²) in [7, 11) is 1.53. The van der Waals surface area contributed by atoms with Crippen molar-refractivity contribution in [2.24, 2.45) is 0 Å². The highest BCUT2D eigenvalue weighted by molar-refractivity contribution is 6.36. The molecule has 0 fully saturated rings. The van der Waals surface area contributed by atoms with E-state index >= 15 is 0 Å². The first-order valence-electron chi connectivity index (χ1n) is 6.21. The zero-order valence-electron chi connectivity index (χ0n) is 11.5. The van der Waals surface area contributed by atoms with Crippen LogP contribution in [0.5, 0.6) is 5.75 Å². The molecule has 0 atom stereocenters. The topological polar surface area (TPSA) is 67.4 Å². The number of benzene rings is 2. The molecule has 2 aromatic rings. The van der Waals surface area contributed by atoms with Gasteiger partial charge in [0.25, 0.3) is 11.8 Å². The molecule has 2 N–H and O–H groups in total. The minimum absolute atomic E-state index is 0.198. The van der Waals surface area contributed by atoms with Gasteiger partial charge < -0.3 is 4.74 Å². The number of amides is 2. The predicted molar refractivity (Wildman–Crippen MR) is 84.4 cm³/mol. The molecule has 0 heterocycles. The molecule has 2 rings (SSSR count). The standard InChI is InChI=1S/C15H12Cl2N2O3/c1-22-11-5-2-9(3-6-11)14(20)18-19-15(21)12-7-4-10(16)8-13(12)17/h2-8H,1H3,(H,18,20)(H,19,21). The van der Waals surface area contributed by atoms with Crippen molar-refractivity contribution in [2.75, 3.05) is 7.11 Å². The van der Waals surface area contributed by atoms with Gasteiger partial charge in [-0.15, -0.1) is 0 Å². The smallest absolute Gasteiger partial charge is 0.271 e. The van der Waals surface area contributed by atoms with Crippen LogP contribution in [0.4, 0.5) is 0 Å². The fourth-order valence-corrected chi connectivity index (χ4v) is 2.16. The average molecular weight is 339 g/mol. The molecule has 5 nitrogen and oxygen atoms in total. The highest BCUT2D eigenvalue weighted by atomic mass is 35.5. The van der Waals surface area contributed by atoms with E-state index in [2.05, 4.69) is 10.9 Å². The fraction of sp³-hybridized carbons (Fsp3) is 0.0667. The molecule has 2 aromatic carbocycles. The quantitative estimate of drug-likeness (QED) is 0.845. The Balaban J connectivity index is 1.99. The van der Waals surface area contributed by atoms with E-state index in [0.717, 1.165) is 0 Å². The van der Waals surface area contributed by atoms with Crippen molar-refractivity contribution in [1.82, 2.24) is 10.9 Å². The number of methoxy groups -OCH3 is 1. The van der Waals surface area contributed by atoms with Gasteiger partial charge in [0.05, 0.1) is 17.7 Å². The molecule has 0 saturated heterocycles. The molecule has 22 heavy (non-hydrogen) atoms. The molecule has 114 valence electrons. The van der Waals surface area contributed by atoms with Crippen LogP contribution in [0, 0.1) is 0 Å². The van der Waals surface area contributed by atoms with Crippen LogP contribution in [0.3, 0.4) is 0 Å². The van der Waals surface area contributed by atoms with Crippen LogP contribution in [-0.2, 0) is 0 Å². The summed E-state index contributed by atoms with van der Waals surface area (Å²) in [4.78, 5) is 23.8. The molecule has 0 spiro atoms.